The van der Waals surface area contributed by atoms with E-state index < -0.39 is 43.9 Å². The lowest BCUT2D eigenvalue weighted by atomic mass is 9.80. The van der Waals surface area contributed by atoms with Crippen LogP contribution in [0.15, 0.2) is 120 Å². The molecule has 56 heavy (non-hydrogen) atoms. The molecule has 0 aliphatic carbocycles. The molecule has 1 aliphatic rings. The van der Waals surface area contributed by atoms with Gasteiger partial charge in [0.1, 0.15) is 53.7 Å². The van der Waals surface area contributed by atoms with E-state index in [1.165, 1.54) is 23.9 Å². The van der Waals surface area contributed by atoms with Crippen molar-refractivity contribution in [3.05, 3.63) is 148 Å². The molecule has 0 saturated carbocycles. The number of carbonyl (C=O) groups is 1. The number of nitrogens with one attached hydrogen (secondary N) is 1. The highest BCUT2D eigenvalue weighted by Crippen LogP contribution is 2.44. The van der Waals surface area contributed by atoms with Gasteiger partial charge in [-0.25, -0.2) is 4.79 Å². The molecule has 5 aromatic rings. The topological polar surface area (TPSA) is 169 Å². The summed E-state index contributed by atoms with van der Waals surface area (Å²) >= 11 is 0. The number of hydrogen-bond donors (Lipinski definition) is 1. The van der Waals surface area contributed by atoms with Crippen molar-refractivity contribution in [2.75, 3.05) is 39.9 Å². The number of hydrogen-bond acceptors (Lipinski definition) is 12. The summed E-state index contributed by atoms with van der Waals surface area (Å²) in [5, 5.41) is 11.6. The molecular formula is C41H40N4O10P+. The number of rotatable bonds is 17. The van der Waals surface area contributed by atoms with E-state index in [1.54, 1.807) is 38.5 Å². The number of benzene rings is 4. The molecule has 4 aromatic carbocycles. The van der Waals surface area contributed by atoms with Crippen molar-refractivity contribution in [3.63, 3.8) is 0 Å². The molecule has 1 unspecified atom stereocenters. The van der Waals surface area contributed by atoms with Crippen molar-refractivity contribution in [3.8, 4) is 23.3 Å². The van der Waals surface area contributed by atoms with Crippen LogP contribution in [-0.4, -0.2) is 62.2 Å². The molecule has 0 spiro atoms. The molecule has 2 heterocycles. The smallest absolute Gasteiger partial charge is 0.497 e. The normalized spacial score (nSPS) is 16.8. The zero-order valence-electron chi connectivity index (χ0n) is 30.9. The van der Waals surface area contributed by atoms with Gasteiger partial charge in [-0.1, -0.05) is 54.6 Å². The van der Waals surface area contributed by atoms with Gasteiger partial charge in [0, 0.05) is 22.7 Å². The number of nitriles is 1. The first-order valence-electron chi connectivity index (χ1n) is 17.6. The molecule has 1 fully saturated rings. The minimum atomic E-state index is -2.67. The first-order chi connectivity index (χ1) is 27.3. The number of ether oxygens (including phenoxy) is 5. The fourth-order valence-corrected chi connectivity index (χ4v) is 7.10. The third-order valence-corrected chi connectivity index (χ3v) is 10.0. The largest absolute Gasteiger partial charge is 0.697 e. The summed E-state index contributed by atoms with van der Waals surface area (Å²) in [6.45, 7) is -0.198. The Morgan fingerprint density at radius 2 is 1.45 bits per heavy atom. The number of carbonyl (C=O) groups excluding carboxylic acids is 1. The van der Waals surface area contributed by atoms with Gasteiger partial charge in [-0.2, -0.15) is 10.2 Å². The second-order valence-electron chi connectivity index (χ2n) is 12.5. The summed E-state index contributed by atoms with van der Waals surface area (Å²) in [7, 11) is 2.04. The van der Waals surface area contributed by atoms with Crippen LogP contribution in [0.2, 0.25) is 0 Å². The predicted octanol–water partition coefficient (Wildman–Crippen LogP) is 6.79. The summed E-state index contributed by atoms with van der Waals surface area (Å²) in [6.07, 6.45) is -1.13. The number of anilines is 1. The summed E-state index contributed by atoms with van der Waals surface area (Å²) in [5.41, 5.74) is 0.800. The third-order valence-electron chi connectivity index (χ3n) is 9.18. The fraction of sp³-hybridized carbons (Fsp3) is 0.268. The second kappa shape index (κ2) is 18.6. The molecule has 288 valence electrons. The summed E-state index contributed by atoms with van der Waals surface area (Å²) in [4.78, 5) is 30.3. The van der Waals surface area contributed by atoms with Gasteiger partial charge < -0.3 is 29.0 Å². The second-order valence-corrected chi connectivity index (χ2v) is 13.4. The molecule has 1 N–H and O–H groups in total. The van der Waals surface area contributed by atoms with Gasteiger partial charge in [-0.15, -0.1) is 9.05 Å². The average Bonchev–Trinajstić information content (AvgIpc) is 3.63. The van der Waals surface area contributed by atoms with Crippen LogP contribution in [0.25, 0.3) is 0 Å². The maximum absolute atomic E-state index is 13.4. The van der Waals surface area contributed by atoms with Gasteiger partial charge >= 0.3 is 13.9 Å². The Morgan fingerprint density at radius 1 is 0.875 bits per heavy atom. The summed E-state index contributed by atoms with van der Waals surface area (Å²) in [6, 6.07) is 34.6. The van der Waals surface area contributed by atoms with Gasteiger partial charge in [0.15, 0.2) is 0 Å². The highest BCUT2D eigenvalue weighted by molar-refractivity contribution is 7.33. The molecule has 14 nitrogen and oxygen atoms in total. The lowest BCUT2D eigenvalue weighted by molar-refractivity contribution is -0.0919. The Bertz CT molecular complexity index is 2150. The highest BCUT2D eigenvalue weighted by atomic mass is 31.1. The number of aromatic nitrogens is 2. The van der Waals surface area contributed by atoms with E-state index in [-0.39, 0.29) is 31.9 Å². The Labute approximate surface area is 324 Å². The van der Waals surface area contributed by atoms with Crippen LogP contribution in [0.5, 0.6) is 17.2 Å². The monoisotopic (exact) mass is 779 g/mol. The van der Waals surface area contributed by atoms with Crippen molar-refractivity contribution >= 4 is 20.0 Å². The maximum Gasteiger partial charge on any atom is 0.697 e. The molecule has 1 amide bonds. The first kappa shape index (κ1) is 39.7. The minimum absolute atomic E-state index is 0.0203. The fourth-order valence-electron chi connectivity index (χ4n) is 6.35. The zero-order chi connectivity index (χ0) is 39.5. The van der Waals surface area contributed by atoms with Crippen LogP contribution in [0, 0.1) is 11.3 Å². The van der Waals surface area contributed by atoms with Crippen LogP contribution in [0.3, 0.4) is 0 Å². The molecule has 4 atom stereocenters. The van der Waals surface area contributed by atoms with Crippen molar-refractivity contribution in [2.24, 2.45) is 0 Å². The van der Waals surface area contributed by atoms with E-state index in [0.717, 1.165) is 16.7 Å². The Morgan fingerprint density at radius 3 is 2.00 bits per heavy atom. The Hall–Kier alpha value is -5.94. The Kier molecular flexibility index (Phi) is 13.2. The molecular weight excluding hydrogens is 739 g/mol. The highest BCUT2D eigenvalue weighted by Gasteiger charge is 2.46. The maximum atomic E-state index is 13.4. The Balaban J connectivity index is 1.31. The minimum Gasteiger partial charge on any atom is -0.497 e. The van der Waals surface area contributed by atoms with E-state index in [0.29, 0.717) is 22.8 Å². The predicted molar refractivity (Wildman–Crippen MR) is 205 cm³/mol. The van der Waals surface area contributed by atoms with Crippen LogP contribution < -0.4 is 25.2 Å². The van der Waals surface area contributed by atoms with Gasteiger partial charge in [-0.3, -0.25) is 9.36 Å². The SMILES string of the molecule is COc1ccc(C(=O)Nc2ccn([C@H]3C[C@H](O[P+](=O)OCCC#N)[C@@H](COC(c4ccccc4)(c4ccc(OC)cc4)c4ccc(OC)cc4)O3)c(=O)n2)cc1. The van der Waals surface area contributed by atoms with Crippen molar-refractivity contribution < 1.29 is 42.1 Å². The van der Waals surface area contributed by atoms with Gasteiger partial charge in [-0.05, 0) is 71.3 Å². The molecule has 15 heteroatoms. The van der Waals surface area contributed by atoms with E-state index in [4.69, 9.17) is 38.0 Å². The van der Waals surface area contributed by atoms with E-state index in [1.807, 2.05) is 84.9 Å². The van der Waals surface area contributed by atoms with Crippen LogP contribution in [-0.2, 0) is 28.7 Å². The molecule has 0 bridgehead atoms. The summed E-state index contributed by atoms with van der Waals surface area (Å²) in [5.74, 6) is 1.49. The molecule has 1 aromatic heterocycles. The third kappa shape index (κ3) is 9.12. The molecule has 0 radical (unpaired) electrons. The van der Waals surface area contributed by atoms with Gasteiger partial charge in [0.25, 0.3) is 5.91 Å². The molecule has 1 aliphatic heterocycles. The zero-order valence-corrected chi connectivity index (χ0v) is 31.8. The molecule has 6 rings (SSSR count). The lowest BCUT2D eigenvalue weighted by Crippen LogP contribution is -2.38. The van der Waals surface area contributed by atoms with Crippen molar-refractivity contribution in [1.29, 1.82) is 5.26 Å². The van der Waals surface area contributed by atoms with E-state index >= 15 is 0 Å². The van der Waals surface area contributed by atoms with E-state index in [2.05, 4.69) is 10.3 Å². The van der Waals surface area contributed by atoms with Gasteiger partial charge in [0.05, 0.1) is 40.4 Å². The van der Waals surface area contributed by atoms with Crippen molar-refractivity contribution in [1.82, 2.24) is 9.55 Å². The first-order valence-corrected chi connectivity index (χ1v) is 18.7. The summed E-state index contributed by atoms with van der Waals surface area (Å²) < 4.78 is 54.9. The number of nitrogens with zero attached hydrogens (tertiary/aromatic N) is 3. The van der Waals surface area contributed by atoms with E-state index in [9.17, 15) is 14.2 Å². The van der Waals surface area contributed by atoms with Crippen molar-refractivity contribution in [2.45, 2.75) is 36.9 Å². The van der Waals surface area contributed by atoms with Gasteiger partial charge in [0.2, 0.25) is 0 Å². The van der Waals surface area contributed by atoms with Crippen LogP contribution in [0.1, 0.15) is 46.1 Å². The number of amides is 1. The number of methoxy groups -OCH3 is 3. The lowest BCUT2D eigenvalue weighted by Gasteiger charge is -2.37. The molecule has 1 saturated heterocycles. The quantitative estimate of drug-likeness (QED) is 0.0597. The average molecular weight is 780 g/mol. The standard InChI is InChI=1S/C41H39N4O10P/c1-49-32-16-10-28(11-17-32)39(46)43-37-22-24-45(40(47)44-37)38-26-35(55-56(48)53-25-7-23-42)36(54-38)27-52-41(29-8-5-4-6-9-29,30-12-18-33(50-2)19-13-30)31-14-20-34(51-3)21-15-31/h4-6,8-22,24,35-36,38H,7,25-27H2,1-3H3/p+1/t35-,36+,38+/m0/s1. The van der Waals surface area contributed by atoms with Crippen LogP contribution in [0.4, 0.5) is 5.82 Å². The van der Waals surface area contributed by atoms with Crippen LogP contribution >= 0.6 is 8.25 Å².